The summed E-state index contributed by atoms with van der Waals surface area (Å²) < 4.78 is 13.1. The van der Waals surface area contributed by atoms with Crippen molar-refractivity contribution in [1.29, 1.82) is 0 Å². The van der Waals surface area contributed by atoms with E-state index in [9.17, 15) is 0 Å². The van der Waals surface area contributed by atoms with E-state index >= 15 is 0 Å². The second-order valence-corrected chi connectivity index (χ2v) is 9.30. The first-order valence-electron chi connectivity index (χ1n) is 11.9. The number of rotatable bonds is 20. The van der Waals surface area contributed by atoms with E-state index in [2.05, 4.69) is 41.9 Å². The Balaban J connectivity index is 3.95. The van der Waals surface area contributed by atoms with Gasteiger partial charge in [-0.25, -0.2) is 0 Å². The highest BCUT2D eigenvalue weighted by Gasteiger charge is 2.28. The molecular weight excluding hydrogens is 334 g/mol. The number of hydrogen-bond donors (Lipinski definition) is 0. The first-order chi connectivity index (χ1) is 12.9. The van der Waals surface area contributed by atoms with Gasteiger partial charge < -0.3 is 14.0 Å². The first kappa shape index (κ1) is 26.9. The van der Waals surface area contributed by atoms with Gasteiger partial charge in [-0.1, -0.05) is 78.1 Å². The SMILES string of the molecule is CCCCCCCCOCC(COCCCCCCCC)C(C)[N+](C)(C)C. The Morgan fingerprint density at radius 1 is 0.593 bits per heavy atom. The van der Waals surface area contributed by atoms with E-state index in [4.69, 9.17) is 9.47 Å². The van der Waals surface area contributed by atoms with Gasteiger partial charge in [0.2, 0.25) is 0 Å². The van der Waals surface area contributed by atoms with Crippen molar-refractivity contribution in [1.82, 2.24) is 0 Å². The largest absolute Gasteiger partial charge is 0.381 e. The van der Waals surface area contributed by atoms with Crippen LogP contribution in [0, 0.1) is 5.92 Å². The highest BCUT2D eigenvalue weighted by Crippen LogP contribution is 2.16. The fraction of sp³-hybridized carbons (Fsp3) is 1.00. The molecule has 1 atom stereocenters. The van der Waals surface area contributed by atoms with Gasteiger partial charge in [0.1, 0.15) is 0 Å². The van der Waals surface area contributed by atoms with Gasteiger partial charge in [-0.2, -0.15) is 0 Å². The van der Waals surface area contributed by atoms with E-state index in [1.54, 1.807) is 0 Å². The Morgan fingerprint density at radius 2 is 0.963 bits per heavy atom. The van der Waals surface area contributed by atoms with Crippen LogP contribution in [0.3, 0.4) is 0 Å². The molecule has 0 fully saturated rings. The third-order valence-corrected chi connectivity index (χ3v) is 5.85. The van der Waals surface area contributed by atoms with Crippen molar-refractivity contribution < 1.29 is 14.0 Å². The van der Waals surface area contributed by atoms with Crippen molar-refractivity contribution >= 4 is 0 Å². The molecule has 3 nitrogen and oxygen atoms in total. The molecule has 0 aliphatic heterocycles. The summed E-state index contributed by atoms with van der Waals surface area (Å²) in [6.45, 7) is 10.4. The van der Waals surface area contributed by atoms with Crippen LogP contribution in [0.2, 0.25) is 0 Å². The maximum atomic E-state index is 6.05. The smallest absolute Gasteiger partial charge is 0.0928 e. The molecule has 1 unspecified atom stereocenters. The van der Waals surface area contributed by atoms with Crippen LogP contribution >= 0.6 is 0 Å². The molecule has 0 aliphatic carbocycles. The molecule has 0 bridgehead atoms. The van der Waals surface area contributed by atoms with E-state index in [-0.39, 0.29) is 0 Å². The molecule has 0 rings (SSSR count). The predicted octanol–water partition coefficient (Wildman–Crippen LogP) is 6.45. The van der Waals surface area contributed by atoms with E-state index in [0.29, 0.717) is 12.0 Å². The Hall–Kier alpha value is -0.120. The van der Waals surface area contributed by atoms with Gasteiger partial charge in [0, 0.05) is 13.2 Å². The number of hydrogen-bond acceptors (Lipinski definition) is 2. The molecule has 0 amide bonds. The topological polar surface area (TPSA) is 18.5 Å². The summed E-state index contributed by atoms with van der Waals surface area (Å²) in [4.78, 5) is 0. The third kappa shape index (κ3) is 16.5. The van der Waals surface area contributed by atoms with E-state index in [0.717, 1.165) is 30.9 Å². The molecule has 0 aromatic heterocycles. The molecule has 0 spiro atoms. The van der Waals surface area contributed by atoms with Crippen molar-refractivity contribution in [2.75, 3.05) is 47.6 Å². The summed E-state index contributed by atoms with van der Waals surface area (Å²) in [6.07, 6.45) is 15.9. The Labute approximate surface area is 171 Å². The van der Waals surface area contributed by atoms with Crippen molar-refractivity contribution in [2.24, 2.45) is 5.92 Å². The van der Waals surface area contributed by atoms with Gasteiger partial charge >= 0.3 is 0 Å². The molecule has 0 saturated carbocycles. The summed E-state index contributed by atoms with van der Waals surface area (Å²) in [7, 11) is 6.83. The zero-order chi connectivity index (χ0) is 20.4. The molecule has 0 aliphatic rings. The summed E-state index contributed by atoms with van der Waals surface area (Å²) in [6, 6.07) is 0.541. The maximum absolute atomic E-state index is 6.05. The highest BCUT2D eigenvalue weighted by atomic mass is 16.5. The van der Waals surface area contributed by atoms with E-state index < -0.39 is 0 Å². The van der Waals surface area contributed by atoms with Crippen LogP contribution in [0.1, 0.15) is 97.8 Å². The van der Waals surface area contributed by atoms with Crippen molar-refractivity contribution in [2.45, 2.75) is 104 Å². The average Bonchev–Trinajstić information content (AvgIpc) is 2.63. The number of nitrogens with zero attached hydrogens (tertiary/aromatic N) is 1. The van der Waals surface area contributed by atoms with Crippen LogP contribution in [0.25, 0.3) is 0 Å². The van der Waals surface area contributed by atoms with Crippen LogP contribution in [-0.4, -0.2) is 58.1 Å². The molecule has 0 heterocycles. The van der Waals surface area contributed by atoms with Gasteiger partial charge in [0.25, 0.3) is 0 Å². The van der Waals surface area contributed by atoms with Gasteiger partial charge in [-0.15, -0.1) is 0 Å². The summed E-state index contributed by atoms with van der Waals surface area (Å²) in [5.74, 6) is 0.477. The van der Waals surface area contributed by atoms with Gasteiger partial charge in [0.15, 0.2) is 0 Å². The quantitative estimate of drug-likeness (QED) is 0.177. The summed E-state index contributed by atoms with van der Waals surface area (Å²) in [5, 5.41) is 0. The minimum atomic E-state index is 0.477. The van der Waals surface area contributed by atoms with Crippen LogP contribution in [0.5, 0.6) is 0 Å². The van der Waals surface area contributed by atoms with E-state index in [1.165, 1.54) is 77.0 Å². The molecule has 164 valence electrons. The van der Waals surface area contributed by atoms with Gasteiger partial charge in [-0.05, 0) is 19.8 Å². The lowest BCUT2D eigenvalue weighted by Crippen LogP contribution is -2.50. The van der Waals surface area contributed by atoms with Crippen molar-refractivity contribution in [3.05, 3.63) is 0 Å². The molecule has 0 N–H and O–H groups in total. The molecule has 0 aromatic carbocycles. The van der Waals surface area contributed by atoms with Gasteiger partial charge in [0.05, 0.1) is 46.3 Å². The maximum Gasteiger partial charge on any atom is 0.0928 e. The van der Waals surface area contributed by atoms with Crippen LogP contribution in [0.15, 0.2) is 0 Å². The fourth-order valence-electron chi connectivity index (χ4n) is 3.40. The lowest BCUT2D eigenvalue weighted by Gasteiger charge is -2.36. The number of ether oxygens (including phenoxy) is 2. The summed E-state index contributed by atoms with van der Waals surface area (Å²) >= 11 is 0. The minimum Gasteiger partial charge on any atom is -0.381 e. The van der Waals surface area contributed by atoms with Crippen molar-refractivity contribution in [3.8, 4) is 0 Å². The molecule has 0 saturated heterocycles. The third-order valence-electron chi connectivity index (χ3n) is 5.85. The minimum absolute atomic E-state index is 0.477. The Morgan fingerprint density at radius 3 is 1.33 bits per heavy atom. The molecule has 0 aromatic rings. The number of unbranched alkanes of at least 4 members (excludes halogenated alkanes) is 10. The summed E-state index contributed by atoms with van der Waals surface area (Å²) in [5.41, 5.74) is 0. The fourth-order valence-corrected chi connectivity index (χ4v) is 3.40. The molecular formula is C24H52NO2+. The van der Waals surface area contributed by atoms with Crippen LogP contribution < -0.4 is 0 Å². The van der Waals surface area contributed by atoms with Crippen molar-refractivity contribution in [3.63, 3.8) is 0 Å². The normalized spacial score (nSPS) is 13.4. The zero-order valence-electron chi connectivity index (χ0n) is 19.7. The van der Waals surface area contributed by atoms with Gasteiger partial charge in [-0.3, -0.25) is 0 Å². The first-order valence-corrected chi connectivity index (χ1v) is 11.9. The second kappa shape index (κ2) is 17.9. The number of quaternary nitrogens is 1. The molecule has 27 heavy (non-hydrogen) atoms. The molecule has 0 radical (unpaired) electrons. The lowest BCUT2D eigenvalue weighted by atomic mass is 10.0. The second-order valence-electron chi connectivity index (χ2n) is 9.30. The highest BCUT2D eigenvalue weighted by molar-refractivity contribution is 4.66. The monoisotopic (exact) mass is 386 g/mol. The Bertz CT molecular complexity index is 281. The van der Waals surface area contributed by atoms with E-state index in [1.807, 2.05) is 0 Å². The Kier molecular flexibility index (Phi) is 17.9. The van der Waals surface area contributed by atoms with Crippen LogP contribution in [-0.2, 0) is 9.47 Å². The lowest BCUT2D eigenvalue weighted by molar-refractivity contribution is -0.898. The molecule has 3 heteroatoms. The predicted molar refractivity (Wildman–Crippen MR) is 119 cm³/mol. The zero-order valence-corrected chi connectivity index (χ0v) is 19.7. The standard InChI is InChI=1S/C24H52NO2/c1-7-9-11-13-15-17-19-26-21-24(23(3)25(4,5)6)22-27-20-18-16-14-12-10-8-2/h23-24H,7-22H2,1-6H3/q+1. The average molecular weight is 387 g/mol. The van der Waals surface area contributed by atoms with Crippen LogP contribution in [0.4, 0.5) is 0 Å².